The van der Waals surface area contributed by atoms with Gasteiger partial charge in [0.05, 0.1) is 12.6 Å². The Morgan fingerprint density at radius 3 is 2.85 bits per heavy atom. The fraction of sp³-hybridized carbons (Fsp3) is 0.538. The van der Waals surface area contributed by atoms with E-state index in [1.165, 1.54) is 0 Å². The van der Waals surface area contributed by atoms with E-state index in [0.717, 1.165) is 17.9 Å². The van der Waals surface area contributed by atoms with Gasteiger partial charge in [-0.3, -0.25) is 0 Å². The molecule has 2 rings (SSSR count). The SMILES string of the molecule is CCCOc1cc(C)nc(NC(C)c2nncn2C)n1. The Kier molecular flexibility index (Phi) is 4.49. The molecule has 7 heteroatoms. The average molecular weight is 276 g/mol. The third-order valence-corrected chi connectivity index (χ3v) is 2.76. The summed E-state index contributed by atoms with van der Waals surface area (Å²) in [7, 11) is 1.90. The summed E-state index contributed by atoms with van der Waals surface area (Å²) in [5.41, 5.74) is 0.860. The molecule has 0 saturated heterocycles. The second-order valence-electron chi connectivity index (χ2n) is 4.69. The maximum absolute atomic E-state index is 5.55. The number of hydrogen-bond donors (Lipinski definition) is 1. The zero-order valence-corrected chi connectivity index (χ0v) is 12.3. The monoisotopic (exact) mass is 276 g/mol. The fourth-order valence-electron chi connectivity index (χ4n) is 1.83. The van der Waals surface area contributed by atoms with Crippen molar-refractivity contribution < 1.29 is 4.74 Å². The van der Waals surface area contributed by atoms with Gasteiger partial charge in [0.2, 0.25) is 11.8 Å². The largest absolute Gasteiger partial charge is 0.478 e. The van der Waals surface area contributed by atoms with Crippen molar-refractivity contribution in [2.45, 2.75) is 33.2 Å². The van der Waals surface area contributed by atoms with E-state index in [0.29, 0.717) is 18.4 Å². The van der Waals surface area contributed by atoms with E-state index < -0.39 is 0 Å². The Morgan fingerprint density at radius 1 is 1.40 bits per heavy atom. The first-order chi connectivity index (χ1) is 9.60. The molecule has 1 N–H and O–H groups in total. The Bertz CT molecular complexity index is 568. The molecule has 0 aliphatic rings. The minimum absolute atomic E-state index is 0.0386. The molecule has 0 amide bonds. The van der Waals surface area contributed by atoms with Crippen molar-refractivity contribution in [1.82, 2.24) is 24.7 Å². The molecule has 0 saturated carbocycles. The zero-order valence-electron chi connectivity index (χ0n) is 12.3. The van der Waals surface area contributed by atoms with Gasteiger partial charge in [0.1, 0.15) is 6.33 Å². The maximum atomic E-state index is 5.55. The molecule has 7 nitrogen and oxygen atoms in total. The van der Waals surface area contributed by atoms with E-state index >= 15 is 0 Å². The molecule has 20 heavy (non-hydrogen) atoms. The maximum Gasteiger partial charge on any atom is 0.226 e. The number of rotatable bonds is 6. The molecule has 2 heterocycles. The molecular formula is C13H20N6O. The summed E-state index contributed by atoms with van der Waals surface area (Å²) in [5.74, 6) is 1.95. The van der Waals surface area contributed by atoms with E-state index in [4.69, 9.17) is 4.74 Å². The highest BCUT2D eigenvalue weighted by Crippen LogP contribution is 2.17. The average Bonchev–Trinajstić information content (AvgIpc) is 2.82. The van der Waals surface area contributed by atoms with Crippen LogP contribution in [0.2, 0.25) is 0 Å². The number of nitrogens with one attached hydrogen (secondary N) is 1. The first-order valence-electron chi connectivity index (χ1n) is 6.69. The lowest BCUT2D eigenvalue weighted by molar-refractivity contribution is 0.305. The Balaban J connectivity index is 2.12. The summed E-state index contributed by atoms with van der Waals surface area (Å²) in [4.78, 5) is 8.71. The zero-order chi connectivity index (χ0) is 14.5. The Labute approximate surface area is 118 Å². The second-order valence-corrected chi connectivity index (χ2v) is 4.69. The molecule has 0 aliphatic carbocycles. The van der Waals surface area contributed by atoms with E-state index in [1.807, 2.05) is 31.5 Å². The summed E-state index contributed by atoms with van der Waals surface area (Å²) < 4.78 is 7.41. The minimum atomic E-state index is -0.0386. The number of ether oxygens (including phenoxy) is 1. The molecule has 2 aromatic heterocycles. The van der Waals surface area contributed by atoms with Crippen LogP contribution in [0.3, 0.4) is 0 Å². The summed E-state index contributed by atoms with van der Waals surface area (Å²) in [5, 5.41) is 11.2. The molecular weight excluding hydrogens is 256 g/mol. The van der Waals surface area contributed by atoms with Gasteiger partial charge in [-0.2, -0.15) is 4.98 Å². The van der Waals surface area contributed by atoms with Crippen LogP contribution < -0.4 is 10.1 Å². The molecule has 0 bridgehead atoms. The minimum Gasteiger partial charge on any atom is -0.478 e. The van der Waals surface area contributed by atoms with Crippen molar-refractivity contribution in [2.75, 3.05) is 11.9 Å². The highest BCUT2D eigenvalue weighted by Gasteiger charge is 2.13. The highest BCUT2D eigenvalue weighted by molar-refractivity contribution is 5.32. The Hall–Kier alpha value is -2.18. The first kappa shape index (κ1) is 14.2. The third-order valence-electron chi connectivity index (χ3n) is 2.76. The molecule has 2 aromatic rings. The van der Waals surface area contributed by atoms with Crippen LogP contribution in [-0.2, 0) is 7.05 Å². The van der Waals surface area contributed by atoms with Crippen molar-refractivity contribution in [3.8, 4) is 5.88 Å². The van der Waals surface area contributed by atoms with Crippen LogP contribution in [-0.4, -0.2) is 31.3 Å². The molecule has 0 aromatic carbocycles. The van der Waals surface area contributed by atoms with Crippen LogP contribution in [0.1, 0.15) is 37.8 Å². The van der Waals surface area contributed by atoms with Gasteiger partial charge < -0.3 is 14.6 Å². The van der Waals surface area contributed by atoms with Crippen LogP contribution in [0.25, 0.3) is 0 Å². The van der Waals surface area contributed by atoms with Crippen LogP contribution in [0.5, 0.6) is 5.88 Å². The van der Waals surface area contributed by atoms with Gasteiger partial charge in [-0.25, -0.2) is 4.98 Å². The third kappa shape index (κ3) is 3.43. The van der Waals surface area contributed by atoms with Crippen molar-refractivity contribution in [1.29, 1.82) is 0 Å². The van der Waals surface area contributed by atoms with Gasteiger partial charge in [0.25, 0.3) is 0 Å². The van der Waals surface area contributed by atoms with Crippen molar-refractivity contribution in [3.63, 3.8) is 0 Å². The lowest BCUT2D eigenvalue weighted by Crippen LogP contribution is -2.14. The van der Waals surface area contributed by atoms with Crippen molar-refractivity contribution in [2.24, 2.45) is 7.05 Å². The summed E-state index contributed by atoms with van der Waals surface area (Å²) in [6.07, 6.45) is 2.61. The number of hydrogen-bond acceptors (Lipinski definition) is 6. The predicted octanol–water partition coefficient (Wildman–Crippen LogP) is 1.88. The lowest BCUT2D eigenvalue weighted by atomic mass is 10.3. The van der Waals surface area contributed by atoms with Gasteiger partial charge in [0.15, 0.2) is 5.82 Å². The topological polar surface area (TPSA) is 77.8 Å². The molecule has 0 radical (unpaired) electrons. The van der Waals surface area contributed by atoms with Gasteiger partial charge in [-0.15, -0.1) is 10.2 Å². The normalized spacial score (nSPS) is 12.2. The van der Waals surface area contributed by atoms with Crippen LogP contribution in [0.4, 0.5) is 5.95 Å². The summed E-state index contributed by atoms with van der Waals surface area (Å²) in [6, 6.07) is 1.79. The first-order valence-corrected chi connectivity index (χ1v) is 6.69. The molecule has 0 aliphatic heterocycles. The lowest BCUT2D eigenvalue weighted by Gasteiger charge is -2.14. The molecule has 108 valence electrons. The van der Waals surface area contributed by atoms with Gasteiger partial charge in [0, 0.05) is 18.8 Å². The molecule has 1 atom stereocenters. The van der Waals surface area contributed by atoms with Crippen LogP contribution >= 0.6 is 0 Å². The van der Waals surface area contributed by atoms with E-state index in [2.05, 4.69) is 32.4 Å². The fourth-order valence-corrected chi connectivity index (χ4v) is 1.83. The van der Waals surface area contributed by atoms with Gasteiger partial charge in [-0.05, 0) is 20.3 Å². The summed E-state index contributed by atoms with van der Waals surface area (Å²) >= 11 is 0. The Morgan fingerprint density at radius 2 is 2.20 bits per heavy atom. The van der Waals surface area contributed by atoms with Crippen molar-refractivity contribution in [3.05, 3.63) is 23.9 Å². The van der Waals surface area contributed by atoms with Gasteiger partial charge in [-0.1, -0.05) is 6.92 Å². The quantitative estimate of drug-likeness (QED) is 0.868. The second kappa shape index (κ2) is 6.31. The predicted molar refractivity (Wildman–Crippen MR) is 75.6 cm³/mol. The van der Waals surface area contributed by atoms with Crippen LogP contribution in [0.15, 0.2) is 12.4 Å². The van der Waals surface area contributed by atoms with Crippen LogP contribution in [0, 0.1) is 6.92 Å². The molecule has 0 fully saturated rings. The highest BCUT2D eigenvalue weighted by atomic mass is 16.5. The standard InChI is InChI=1S/C13H20N6O/c1-5-6-20-11-7-9(2)15-13(17-11)16-10(3)12-18-14-8-19(12)4/h7-8,10H,5-6H2,1-4H3,(H,15,16,17). The molecule has 1 unspecified atom stereocenters. The van der Waals surface area contributed by atoms with E-state index in [9.17, 15) is 0 Å². The number of aryl methyl sites for hydroxylation is 2. The molecule has 0 spiro atoms. The smallest absolute Gasteiger partial charge is 0.226 e. The van der Waals surface area contributed by atoms with Gasteiger partial charge >= 0.3 is 0 Å². The van der Waals surface area contributed by atoms with E-state index in [1.54, 1.807) is 6.33 Å². The number of nitrogens with zero attached hydrogens (tertiary/aromatic N) is 5. The number of anilines is 1. The van der Waals surface area contributed by atoms with E-state index in [-0.39, 0.29) is 6.04 Å². The summed E-state index contributed by atoms with van der Waals surface area (Å²) in [6.45, 7) is 6.61. The number of aromatic nitrogens is 5. The van der Waals surface area contributed by atoms with Crippen molar-refractivity contribution >= 4 is 5.95 Å².